The molecule has 1 saturated heterocycles. The highest BCUT2D eigenvalue weighted by Gasteiger charge is 2.16. The lowest BCUT2D eigenvalue weighted by molar-refractivity contribution is 0.0168. The Bertz CT molecular complexity index is 736. The molecule has 0 aromatic heterocycles. The van der Waals surface area contributed by atoms with E-state index >= 15 is 0 Å². The predicted molar refractivity (Wildman–Crippen MR) is 130 cm³/mol. The molecule has 10 heteroatoms. The van der Waals surface area contributed by atoms with Gasteiger partial charge in [0.1, 0.15) is 0 Å². The SMILES string of the molecule is CCNC(=NCc1ccc(S(=O)(=O)N(C)C)cc1)NCCCOCC1CCCO1.I. The van der Waals surface area contributed by atoms with Crippen LogP contribution in [0.2, 0.25) is 0 Å². The van der Waals surface area contributed by atoms with Crippen LogP contribution in [0, 0.1) is 0 Å². The lowest BCUT2D eigenvalue weighted by atomic mass is 10.2. The van der Waals surface area contributed by atoms with E-state index in [0.29, 0.717) is 19.8 Å². The molecular formula is C20H35IN4O4S. The Morgan fingerprint density at radius 1 is 1.27 bits per heavy atom. The molecule has 0 radical (unpaired) electrons. The molecule has 2 rings (SSSR count). The van der Waals surface area contributed by atoms with E-state index in [4.69, 9.17) is 9.47 Å². The zero-order chi connectivity index (χ0) is 21.1. The molecule has 2 N–H and O–H groups in total. The van der Waals surface area contributed by atoms with E-state index in [1.54, 1.807) is 24.3 Å². The summed E-state index contributed by atoms with van der Waals surface area (Å²) in [6, 6.07) is 6.82. The standard InChI is InChI=1S/C20H34N4O4S.HI/c1-4-21-20(22-12-6-13-27-16-18-7-5-14-28-18)23-15-17-8-10-19(11-9-17)29(25,26)24(2)3;/h8-11,18H,4-7,12-16H2,1-3H3,(H2,21,22,23);1H. The number of nitrogens with zero attached hydrogens (tertiary/aromatic N) is 2. The molecule has 1 aromatic carbocycles. The second-order valence-electron chi connectivity index (χ2n) is 7.12. The summed E-state index contributed by atoms with van der Waals surface area (Å²) in [6.45, 7) is 6.22. The van der Waals surface area contributed by atoms with Gasteiger partial charge in [-0.3, -0.25) is 0 Å². The number of rotatable bonds is 11. The number of ether oxygens (including phenoxy) is 2. The molecule has 1 unspecified atom stereocenters. The lowest BCUT2D eigenvalue weighted by Gasteiger charge is -2.13. The maximum atomic E-state index is 12.1. The topological polar surface area (TPSA) is 92.3 Å². The van der Waals surface area contributed by atoms with Crippen molar-refractivity contribution in [3.8, 4) is 0 Å². The van der Waals surface area contributed by atoms with Gasteiger partial charge in [0.2, 0.25) is 10.0 Å². The van der Waals surface area contributed by atoms with Gasteiger partial charge in [0.25, 0.3) is 0 Å². The van der Waals surface area contributed by atoms with Crippen molar-refractivity contribution < 1.29 is 17.9 Å². The minimum absolute atomic E-state index is 0. The first kappa shape index (κ1) is 27.1. The number of sulfonamides is 1. The van der Waals surface area contributed by atoms with Crippen LogP contribution in [0.5, 0.6) is 0 Å². The third-order valence-electron chi connectivity index (χ3n) is 4.55. The highest BCUT2D eigenvalue weighted by molar-refractivity contribution is 14.0. The lowest BCUT2D eigenvalue weighted by Crippen LogP contribution is -2.38. The van der Waals surface area contributed by atoms with E-state index in [1.165, 1.54) is 18.4 Å². The third kappa shape index (κ3) is 9.04. The number of hydrogen-bond donors (Lipinski definition) is 2. The Morgan fingerprint density at radius 2 is 2.00 bits per heavy atom. The van der Waals surface area contributed by atoms with Crippen molar-refractivity contribution in [1.82, 2.24) is 14.9 Å². The van der Waals surface area contributed by atoms with E-state index in [2.05, 4.69) is 15.6 Å². The average molecular weight is 554 g/mol. The molecule has 0 spiro atoms. The number of guanidine groups is 1. The van der Waals surface area contributed by atoms with Crippen molar-refractivity contribution in [2.24, 2.45) is 4.99 Å². The Balaban J connectivity index is 0.00000450. The van der Waals surface area contributed by atoms with Gasteiger partial charge in [-0.05, 0) is 43.9 Å². The minimum Gasteiger partial charge on any atom is -0.379 e. The number of hydrogen-bond acceptors (Lipinski definition) is 5. The van der Waals surface area contributed by atoms with Gasteiger partial charge in [0, 0.05) is 40.4 Å². The molecule has 1 atom stereocenters. The largest absolute Gasteiger partial charge is 0.379 e. The molecule has 172 valence electrons. The fourth-order valence-corrected chi connectivity index (χ4v) is 3.76. The van der Waals surface area contributed by atoms with Gasteiger partial charge >= 0.3 is 0 Å². The summed E-state index contributed by atoms with van der Waals surface area (Å²) >= 11 is 0. The normalized spacial score (nSPS) is 17.1. The van der Waals surface area contributed by atoms with Crippen LogP contribution in [0.3, 0.4) is 0 Å². The molecule has 1 fully saturated rings. The van der Waals surface area contributed by atoms with Crippen molar-refractivity contribution in [2.45, 2.75) is 43.7 Å². The van der Waals surface area contributed by atoms with Crippen molar-refractivity contribution in [3.63, 3.8) is 0 Å². The fourth-order valence-electron chi connectivity index (χ4n) is 2.86. The van der Waals surface area contributed by atoms with Crippen LogP contribution >= 0.6 is 24.0 Å². The molecule has 0 aliphatic carbocycles. The second-order valence-corrected chi connectivity index (χ2v) is 9.27. The summed E-state index contributed by atoms with van der Waals surface area (Å²) in [7, 11) is -0.359. The zero-order valence-electron chi connectivity index (χ0n) is 18.1. The van der Waals surface area contributed by atoms with Crippen LogP contribution in [0.15, 0.2) is 34.2 Å². The van der Waals surface area contributed by atoms with Crippen LogP contribution in [0.4, 0.5) is 0 Å². The average Bonchev–Trinajstić information content (AvgIpc) is 3.22. The quantitative estimate of drug-likeness (QED) is 0.189. The van der Waals surface area contributed by atoms with E-state index in [9.17, 15) is 8.42 Å². The predicted octanol–water partition coefficient (Wildman–Crippen LogP) is 2.20. The third-order valence-corrected chi connectivity index (χ3v) is 6.38. The highest BCUT2D eigenvalue weighted by atomic mass is 127. The Kier molecular flexibility index (Phi) is 12.8. The Hall–Kier alpha value is -0.950. The van der Waals surface area contributed by atoms with Crippen LogP contribution in [-0.2, 0) is 26.0 Å². The number of nitrogens with one attached hydrogen (secondary N) is 2. The van der Waals surface area contributed by atoms with Crippen LogP contribution in [0.25, 0.3) is 0 Å². The van der Waals surface area contributed by atoms with Crippen molar-refractivity contribution in [1.29, 1.82) is 0 Å². The maximum Gasteiger partial charge on any atom is 0.242 e. The van der Waals surface area contributed by atoms with Gasteiger partial charge in [-0.2, -0.15) is 0 Å². The highest BCUT2D eigenvalue weighted by Crippen LogP contribution is 2.14. The number of benzene rings is 1. The maximum absolute atomic E-state index is 12.1. The van der Waals surface area contributed by atoms with Crippen LogP contribution in [0.1, 0.15) is 31.7 Å². The zero-order valence-corrected chi connectivity index (χ0v) is 21.2. The summed E-state index contributed by atoms with van der Waals surface area (Å²) in [5, 5.41) is 6.51. The molecule has 1 aliphatic rings. The molecule has 0 saturated carbocycles. The van der Waals surface area contributed by atoms with Crippen LogP contribution < -0.4 is 10.6 Å². The minimum atomic E-state index is -3.41. The van der Waals surface area contributed by atoms with E-state index in [-0.39, 0.29) is 35.0 Å². The summed E-state index contributed by atoms with van der Waals surface area (Å²) in [6.07, 6.45) is 3.37. The van der Waals surface area contributed by atoms with Crippen molar-refractivity contribution in [2.75, 3.05) is 47.0 Å². The first-order valence-electron chi connectivity index (χ1n) is 10.2. The monoisotopic (exact) mass is 554 g/mol. The van der Waals surface area contributed by atoms with Gasteiger partial charge in [0.05, 0.1) is 24.2 Å². The molecule has 1 heterocycles. The van der Waals surface area contributed by atoms with Gasteiger partial charge in [-0.1, -0.05) is 12.1 Å². The molecule has 8 nitrogen and oxygen atoms in total. The first-order chi connectivity index (χ1) is 13.9. The van der Waals surface area contributed by atoms with Gasteiger partial charge in [-0.15, -0.1) is 24.0 Å². The Morgan fingerprint density at radius 3 is 2.60 bits per heavy atom. The molecular weight excluding hydrogens is 519 g/mol. The van der Waals surface area contributed by atoms with Crippen LogP contribution in [-0.4, -0.2) is 71.8 Å². The first-order valence-corrected chi connectivity index (χ1v) is 11.6. The second kappa shape index (κ2) is 14.2. The Labute approximate surface area is 197 Å². The fraction of sp³-hybridized carbons (Fsp3) is 0.650. The molecule has 1 aromatic rings. The smallest absolute Gasteiger partial charge is 0.242 e. The summed E-state index contributed by atoms with van der Waals surface area (Å²) < 4.78 is 36.7. The van der Waals surface area contributed by atoms with Crippen molar-refractivity contribution >= 4 is 40.0 Å². The van der Waals surface area contributed by atoms with E-state index in [1.807, 2.05) is 6.92 Å². The summed E-state index contributed by atoms with van der Waals surface area (Å²) in [5.74, 6) is 0.733. The van der Waals surface area contributed by atoms with E-state index < -0.39 is 10.0 Å². The summed E-state index contributed by atoms with van der Waals surface area (Å²) in [4.78, 5) is 4.85. The molecule has 1 aliphatic heterocycles. The molecule has 0 amide bonds. The molecule has 0 bridgehead atoms. The molecule has 30 heavy (non-hydrogen) atoms. The summed E-state index contributed by atoms with van der Waals surface area (Å²) in [5.41, 5.74) is 0.944. The van der Waals surface area contributed by atoms with Gasteiger partial charge in [0.15, 0.2) is 5.96 Å². The number of aliphatic imine (C=N–C) groups is 1. The van der Waals surface area contributed by atoms with E-state index in [0.717, 1.165) is 50.5 Å². The number of halogens is 1. The van der Waals surface area contributed by atoms with Gasteiger partial charge in [-0.25, -0.2) is 17.7 Å². The van der Waals surface area contributed by atoms with Gasteiger partial charge < -0.3 is 20.1 Å². The van der Waals surface area contributed by atoms with Crippen molar-refractivity contribution in [3.05, 3.63) is 29.8 Å².